The molecule has 198 valence electrons. The van der Waals surface area contributed by atoms with Gasteiger partial charge in [-0.2, -0.15) is 0 Å². The van der Waals surface area contributed by atoms with Crippen molar-refractivity contribution in [3.8, 4) is 11.1 Å². The molecule has 0 amide bonds. The van der Waals surface area contributed by atoms with Crippen LogP contribution in [0.4, 0.5) is 0 Å². The van der Waals surface area contributed by atoms with E-state index in [0.29, 0.717) is 0 Å². The van der Waals surface area contributed by atoms with Crippen LogP contribution in [-0.2, 0) is 4.74 Å². The summed E-state index contributed by atoms with van der Waals surface area (Å²) in [7, 11) is 0. The van der Waals surface area contributed by atoms with Gasteiger partial charge in [-0.15, -0.1) is 0 Å². The van der Waals surface area contributed by atoms with E-state index in [-0.39, 0.29) is 6.10 Å². The summed E-state index contributed by atoms with van der Waals surface area (Å²) >= 11 is 0. The molecule has 2 atom stereocenters. The van der Waals surface area contributed by atoms with E-state index in [9.17, 15) is 0 Å². The van der Waals surface area contributed by atoms with Crippen LogP contribution in [0.25, 0.3) is 11.1 Å². The summed E-state index contributed by atoms with van der Waals surface area (Å²) in [5, 5.41) is 0. The maximum Gasteiger partial charge on any atom is 0.0825 e. The summed E-state index contributed by atoms with van der Waals surface area (Å²) in [6.07, 6.45) is 22.3. The fraction of sp³-hybridized carbons (Fsp3) is 0.657. The lowest BCUT2D eigenvalue weighted by Gasteiger charge is -2.29. The zero-order valence-electron chi connectivity index (χ0n) is 23.4. The molecule has 1 saturated heterocycles. The molecule has 0 bridgehead atoms. The molecule has 2 aliphatic rings. The van der Waals surface area contributed by atoms with Crippen LogP contribution in [0.1, 0.15) is 140 Å². The monoisotopic (exact) mass is 488 g/mol. The average molecular weight is 489 g/mol. The summed E-state index contributed by atoms with van der Waals surface area (Å²) in [6.45, 7) is 5.56. The van der Waals surface area contributed by atoms with Crippen LogP contribution in [0.3, 0.4) is 0 Å². The highest BCUT2D eigenvalue weighted by molar-refractivity contribution is 5.64. The molecule has 2 aromatic rings. The van der Waals surface area contributed by atoms with E-state index in [1.807, 2.05) is 0 Å². The molecule has 0 aromatic heterocycles. The van der Waals surface area contributed by atoms with Gasteiger partial charge < -0.3 is 4.74 Å². The van der Waals surface area contributed by atoms with E-state index in [2.05, 4.69) is 62.4 Å². The topological polar surface area (TPSA) is 9.23 Å². The summed E-state index contributed by atoms with van der Waals surface area (Å²) in [5.41, 5.74) is 5.57. The normalized spacial score (nSPS) is 24.6. The molecule has 0 radical (unpaired) electrons. The maximum atomic E-state index is 6.33. The van der Waals surface area contributed by atoms with Crippen LogP contribution in [0.2, 0.25) is 0 Å². The summed E-state index contributed by atoms with van der Waals surface area (Å²) in [4.78, 5) is 0. The van der Waals surface area contributed by atoms with Crippen molar-refractivity contribution in [2.24, 2.45) is 11.8 Å². The Morgan fingerprint density at radius 1 is 0.556 bits per heavy atom. The van der Waals surface area contributed by atoms with Crippen LogP contribution >= 0.6 is 0 Å². The van der Waals surface area contributed by atoms with Gasteiger partial charge in [0, 0.05) is 0 Å². The number of ether oxygens (including phenoxy) is 1. The van der Waals surface area contributed by atoms with E-state index in [4.69, 9.17) is 4.74 Å². The lowest BCUT2D eigenvalue weighted by molar-refractivity contribution is -0.0199. The van der Waals surface area contributed by atoms with Crippen molar-refractivity contribution in [2.45, 2.75) is 129 Å². The highest BCUT2D eigenvalue weighted by atomic mass is 16.5. The Morgan fingerprint density at radius 3 is 1.72 bits per heavy atom. The Hall–Kier alpha value is -1.60. The number of hydrogen-bond donors (Lipinski definition) is 0. The van der Waals surface area contributed by atoms with Gasteiger partial charge in [0.25, 0.3) is 0 Å². The third-order valence-corrected chi connectivity index (χ3v) is 9.15. The molecule has 0 N–H and O–H groups in total. The smallest absolute Gasteiger partial charge is 0.0825 e. The van der Waals surface area contributed by atoms with Crippen molar-refractivity contribution in [1.82, 2.24) is 0 Å². The second-order valence-electron chi connectivity index (χ2n) is 11.9. The third kappa shape index (κ3) is 8.20. The van der Waals surface area contributed by atoms with Crippen molar-refractivity contribution < 1.29 is 4.74 Å². The Labute approximate surface area is 222 Å². The molecule has 1 aliphatic heterocycles. The Bertz CT molecular complexity index is 835. The van der Waals surface area contributed by atoms with Gasteiger partial charge in [-0.25, -0.2) is 0 Å². The minimum Gasteiger partial charge on any atom is -0.373 e. The quantitative estimate of drug-likeness (QED) is 0.255. The van der Waals surface area contributed by atoms with Crippen LogP contribution < -0.4 is 0 Å². The highest BCUT2D eigenvalue weighted by Gasteiger charge is 2.23. The maximum absolute atomic E-state index is 6.33. The zero-order chi connectivity index (χ0) is 25.0. The van der Waals surface area contributed by atoms with E-state index in [1.165, 1.54) is 119 Å². The Morgan fingerprint density at radius 2 is 1.11 bits per heavy atom. The first kappa shape index (κ1) is 27.4. The average Bonchev–Trinajstić information content (AvgIpc) is 2.95. The van der Waals surface area contributed by atoms with Gasteiger partial charge in [0.1, 0.15) is 0 Å². The third-order valence-electron chi connectivity index (χ3n) is 9.15. The second-order valence-corrected chi connectivity index (χ2v) is 11.9. The van der Waals surface area contributed by atoms with Crippen molar-refractivity contribution >= 4 is 0 Å². The fourth-order valence-corrected chi connectivity index (χ4v) is 6.63. The standard InChI is InChI=1S/C35H52O/c1-3-5-7-8-9-10-12-29-15-26-35(36-27-29)34-24-22-33(23-25-34)32-20-18-31(19-21-32)30-16-13-28(14-17-30)11-6-4-2/h18-25,28-30,35H,3-17,26-27H2,1-2H3. The van der Waals surface area contributed by atoms with Crippen molar-refractivity contribution in [2.75, 3.05) is 6.61 Å². The predicted molar refractivity (Wildman–Crippen MR) is 156 cm³/mol. The van der Waals surface area contributed by atoms with Gasteiger partial charge in [-0.05, 0) is 85.0 Å². The number of benzene rings is 2. The van der Waals surface area contributed by atoms with Crippen molar-refractivity contribution in [3.63, 3.8) is 0 Å². The van der Waals surface area contributed by atoms with E-state index in [0.717, 1.165) is 24.4 Å². The first-order chi connectivity index (χ1) is 17.8. The number of unbranched alkanes of at least 4 members (excludes halogenated alkanes) is 6. The predicted octanol–water partition coefficient (Wildman–Crippen LogP) is 11.0. The van der Waals surface area contributed by atoms with Crippen LogP contribution in [0, 0.1) is 11.8 Å². The molecular formula is C35H52O. The molecule has 2 fully saturated rings. The fourth-order valence-electron chi connectivity index (χ4n) is 6.63. The molecule has 4 rings (SSSR count). The molecular weight excluding hydrogens is 436 g/mol. The first-order valence-electron chi connectivity index (χ1n) is 15.6. The lowest BCUT2D eigenvalue weighted by atomic mass is 9.77. The van der Waals surface area contributed by atoms with Gasteiger partial charge in [0.2, 0.25) is 0 Å². The molecule has 1 heterocycles. The van der Waals surface area contributed by atoms with E-state index < -0.39 is 0 Å². The van der Waals surface area contributed by atoms with Gasteiger partial charge >= 0.3 is 0 Å². The van der Waals surface area contributed by atoms with Gasteiger partial charge in [0.15, 0.2) is 0 Å². The Balaban J connectivity index is 1.20. The SMILES string of the molecule is CCCCCCCCC1CCC(c2ccc(-c3ccc(C4CCC(CCCC)CC4)cc3)cc2)OC1. The molecule has 1 nitrogen and oxygen atoms in total. The van der Waals surface area contributed by atoms with E-state index >= 15 is 0 Å². The lowest BCUT2D eigenvalue weighted by Crippen LogP contribution is -2.20. The molecule has 1 aliphatic carbocycles. The van der Waals surface area contributed by atoms with Gasteiger partial charge in [-0.1, -0.05) is 120 Å². The zero-order valence-corrected chi connectivity index (χ0v) is 23.4. The molecule has 1 saturated carbocycles. The minimum atomic E-state index is 0.287. The molecule has 2 aromatic carbocycles. The number of rotatable bonds is 13. The second kappa shape index (κ2) is 15.0. The largest absolute Gasteiger partial charge is 0.373 e. The molecule has 2 unspecified atom stereocenters. The first-order valence-corrected chi connectivity index (χ1v) is 15.6. The van der Waals surface area contributed by atoms with Crippen molar-refractivity contribution in [3.05, 3.63) is 59.7 Å². The number of hydrogen-bond acceptors (Lipinski definition) is 1. The van der Waals surface area contributed by atoms with Crippen molar-refractivity contribution in [1.29, 1.82) is 0 Å². The molecule has 36 heavy (non-hydrogen) atoms. The van der Waals surface area contributed by atoms with Crippen LogP contribution in [0.15, 0.2) is 48.5 Å². The molecule has 1 heteroatoms. The summed E-state index contributed by atoms with van der Waals surface area (Å²) in [6, 6.07) is 18.7. The molecule has 0 spiro atoms. The van der Waals surface area contributed by atoms with Crippen LogP contribution in [0.5, 0.6) is 0 Å². The summed E-state index contributed by atoms with van der Waals surface area (Å²) < 4.78 is 6.33. The summed E-state index contributed by atoms with van der Waals surface area (Å²) in [5.74, 6) is 2.53. The van der Waals surface area contributed by atoms with E-state index in [1.54, 1.807) is 5.56 Å². The van der Waals surface area contributed by atoms with Gasteiger partial charge in [-0.3, -0.25) is 0 Å². The highest BCUT2D eigenvalue weighted by Crippen LogP contribution is 2.38. The minimum absolute atomic E-state index is 0.287. The van der Waals surface area contributed by atoms with Gasteiger partial charge in [0.05, 0.1) is 12.7 Å². The van der Waals surface area contributed by atoms with Crippen LogP contribution in [-0.4, -0.2) is 6.61 Å². The Kier molecular flexibility index (Phi) is 11.4.